The van der Waals surface area contributed by atoms with Crippen molar-refractivity contribution in [2.75, 3.05) is 26.2 Å². The zero-order valence-corrected chi connectivity index (χ0v) is 10.9. The highest BCUT2D eigenvalue weighted by Crippen LogP contribution is 2.19. The highest BCUT2D eigenvalue weighted by atomic mass is 15.1. The maximum Gasteiger partial charge on any atom is 0.00888 e. The summed E-state index contributed by atoms with van der Waals surface area (Å²) in [5, 5.41) is 0. The zero-order chi connectivity index (χ0) is 12.1. The molecular formula is C15H24N2. The van der Waals surface area contributed by atoms with Crippen molar-refractivity contribution in [1.29, 1.82) is 0 Å². The third-order valence-corrected chi connectivity index (χ3v) is 3.76. The van der Waals surface area contributed by atoms with Gasteiger partial charge < -0.3 is 10.6 Å². The lowest BCUT2D eigenvalue weighted by molar-refractivity contribution is 0.216. The molecule has 1 unspecified atom stereocenters. The summed E-state index contributed by atoms with van der Waals surface area (Å²) in [4.78, 5) is 2.57. The number of rotatable bonds is 4. The summed E-state index contributed by atoms with van der Waals surface area (Å²) < 4.78 is 0. The van der Waals surface area contributed by atoms with Gasteiger partial charge in [0.1, 0.15) is 0 Å². The Labute approximate surface area is 105 Å². The van der Waals surface area contributed by atoms with Crippen LogP contribution in [0.3, 0.4) is 0 Å². The Kier molecular flexibility index (Phi) is 4.57. The Morgan fingerprint density at radius 2 is 1.76 bits per heavy atom. The molecule has 17 heavy (non-hydrogen) atoms. The second kappa shape index (κ2) is 6.18. The molecule has 0 radical (unpaired) electrons. The Morgan fingerprint density at radius 1 is 1.12 bits per heavy atom. The maximum absolute atomic E-state index is 5.93. The molecular weight excluding hydrogens is 208 g/mol. The quantitative estimate of drug-likeness (QED) is 0.864. The van der Waals surface area contributed by atoms with Crippen molar-refractivity contribution in [3.63, 3.8) is 0 Å². The number of aryl methyl sites for hydroxylation is 1. The molecule has 2 nitrogen and oxygen atoms in total. The highest BCUT2D eigenvalue weighted by molar-refractivity contribution is 5.25. The van der Waals surface area contributed by atoms with E-state index in [1.807, 2.05) is 0 Å². The normalized spacial score (nSPS) is 19.2. The van der Waals surface area contributed by atoms with Crippen molar-refractivity contribution in [3.8, 4) is 0 Å². The van der Waals surface area contributed by atoms with Crippen LogP contribution in [0.4, 0.5) is 0 Å². The summed E-state index contributed by atoms with van der Waals surface area (Å²) in [5.41, 5.74) is 8.65. The molecule has 1 saturated heterocycles. The van der Waals surface area contributed by atoms with Crippen LogP contribution in [0.5, 0.6) is 0 Å². The molecule has 2 heteroatoms. The van der Waals surface area contributed by atoms with Gasteiger partial charge in [-0.3, -0.25) is 0 Å². The van der Waals surface area contributed by atoms with Gasteiger partial charge in [-0.05, 0) is 38.4 Å². The van der Waals surface area contributed by atoms with Crippen LogP contribution in [0.2, 0.25) is 0 Å². The fraction of sp³-hybridized carbons (Fsp3) is 0.600. The first-order valence-corrected chi connectivity index (χ1v) is 6.78. The molecule has 1 aliphatic rings. The molecule has 2 N–H and O–H groups in total. The Hall–Kier alpha value is -0.860. The zero-order valence-electron chi connectivity index (χ0n) is 10.9. The summed E-state index contributed by atoms with van der Waals surface area (Å²) in [6.07, 6.45) is 4.10. The van der Waals surface area contributed by atoms with E-state index in [0.717, 1.165) is 13.1 Å². The second-order valence-electron chi connectivity index (χ2n) is 5.20. The van der Waals surface area contributed by atoms with Gasteiger partial charge >= 0.3 is 0 Å². The van der Waals surface area contributed by atoms with Gasteiger partial charge in [-0.25, -0.2) is 0 Å². The van der Waals surface area contributed by atoms with Crippen molar-refractivity contribution in [3.05, 3.63) is 35.4 Å². The fourth-order valence-corrected chi connectivity index (χ4v) is 2.61. The lowest BCUT2D eigenvalue weighted by Gasteiger charge is -2.30. The van der Waals surface area contributed by atoms with Gasteiger partial charge in [0, 0.05) is 19.0 Å². The van der Waals surface area contributed by atoms with E-state index < -0.39 is 0 Å². The number of likely N-dealkylation sites (tertiary alicyclic amines) is 1. The van der Waals surface area contributed by atoms with Crippen molar-refractivity contribution in [2.45, 2.75) is 32.1 Å². The second-order valence-corrected chi connectivity index (χ2v) is 5.20. The fourth-order valence-electron chi connectivity index (χ4n) is 2.61. The molecule has 0 spiro atoms. The lowest BCUT2D eigenvalue weighted by Crippen LogP contribution is -2.35. The maximum atomic E-state index is 5.93. The summed E-state index contributed by atoms with van der Waals surface area (Å²) >= 11 is 0. The van der Waals surface area contributed by atoms with Gasteiger partial charge in [-0.1, -0.05) is 36.2 Å². The number of piperidine rings is 1. The predicted molar refractivity (Wildman–Crippen MR) is 73.3 cm³/mol. The van der Waals surface area contributed by atoms with Crippen molar-refractivity contribution >= 4 is 0 Å². The van der Waals surface area contributed by atoms with Crippen LogP contribution in [-0.4, -0.2) is 31.1 Å². The van der Waals surface area contributed by atoms with Gasteiger partial charge in [0.15, 0.2) is 0 Å². The summed E-state index contributed by atoms with van der Waals surface area (Å²) in [6, 6.07) is 8.84. The monoisotopic (exact) mass is 232 g/mol. The standard InChI is InChI=1S/C15H24N2/c1-13-5-7-14(8-6-13)15(11-16)12-17-9-3-2-4-10-17/h5-8,15H,2-4,9-12,16H2,1H3. The van der Waals surface area contributed by atoms with Crippen LogP contribution >= 0.6 is 0 Å². The molecule has 1 aromatic rings. The first-order valence-electron chi connectivity index (χ1n) is 6.78. The van der Waals surface area contributed by atoms with Crippen LogP contribution in [0.25, 0.3) is 0 Å². The van der Waals surface area contributed by atoms with E-state index in [1.54, 1.807) is 0 Å². The van der Waals surface area contributed by atoms with Crippen molar-refractivity contribution in [2.24, 2.45) is 5.73 Å². The minimum Gasteiger partial charge on any atom is -0.330 e. The molecule has 0 aliphatic carbocycles. The number of nitrogens with two attached hydrogens (primary N) is 1. The summed E-state index contributed by atoms with van der Waals surface area (Å²) in [5.74, 6) is 0.494. The lowest BCUT2D eigenvalue weighted by atomic mass is 9.96. The topological polar surface area (TPSA) is 29.3 Å². The highest BCUT2D eigenvalue weighted by Gasteiger charge is 2.16. The molecule has 0 amide bonds. The van der Waals surface area contributed by atoms with Crippen LogP contribution in [0.15, 0.2) is 24.3 Å². The average Bonchev–Trinajstić information content (AvgIpc) is 2.38. The van der Waals surface area contributed by atoms with Gasteiger partial charge in [0.2, 0.25) is 0 Å². The van der Waals surface area contributed by atoms with E-state index in [2.05, 4.69) is 36.1 Å². The summed E-state index contributed by atoms with van der Waals surface area (Å²) in [7, 11) is 0. The number of hydrogen-bond donors (Lipinski definition) is 1. The van der Waals surface area contributed by atoms with Crippen LogP contribution in [0.1, 0.15) is 36.3 Å². The van der Waals surface area contributed by atoms with Gasteiger partial charge in [-0.2, -0.15) is 0 Å². The molecule has 0 saturated carbocycles. The molecule has 1 fully saturated rings. The van der Waals surface area contributed by atoms with Gasteiger partial charge in [0.05, 0.1) is 0 Å². The Bertz CT molecular complexity index is 325. The van der Waals surface area contributed by atoms with E-state index in [-0.39, 0.29) is 0 Å². The molecule has 1 aliphatic heterocycles. The van der Waals surface area contributed by atoms with Crippen LogP contribution in [0, 0.1) is 6.92 Å². The first-order chi connectivity index (χ1) is 8.29. The number of nitrogens with zero attached hydrogens (tertiary/aromatic N) is 1. The first kappa shape index (κ1) is 12.6. The molecule has 1 aromatic carbocycles. The SMILES string of the molecule is Cc1ccc(C(CN)CN2CCCCC2)cc1. The number of benzene rings is 1. The smallest absolute Gasteiger partial charge is 0.00888 e. The average molecular weight is 232 g/mol. The van der Waals surface area contributed by atoms with E-state index >= 15 is 0 Å². The predicted octanol–water partition coefficient (Wildman–Crippen LogP) is 2.52. The molecule has 2 rings (SSSR count). The van der Waals surface area contributed by atoms with E-state index in [4.69, 9.17) is 5.73 Å². The van der Waals surface area contributed by atoms with E-state index in [9.17, 15) is 0 Å². The van der Waals surface area contributed by atoms with E-state index in [1.165, 1.54) is 43.5 Å². The van der Waals surface area contributed by atoms with Crippen LogP contribution < -0.4 is 5.73 Å². The van der Waals surface area contributed by atoms with Crippen LogP contribution in [-0.2, 0) is 0 Å². The van der Waals surface area contributed by atoms with Crippen molar-refractivity contribution in [1.82, 2.24) is 4.90 Å². The third kappa shape index (κ3) is 3.55. The molecule has 1 heterocycles. The van der Waals surface area contributed by atoms with Gasteiger partial charge in [-0.15, -0.1) is 0 Å². The molecule has 0 aromatic heterocycles. The molecule has 1 atom stereocenters. The minimum atomic E-state index is 0.494. The molecule has 0 bridgehead atoms. The largest absolute Gasteiger partial charge is 0.330 e. The third-order valence-electron chi connectivity index (χ3n) is 3.76. The van der Waals surface area contributed by atoms with E-state index in [0.29, 0.717) is 5.92 Å². The Balaban J connectivity index is 1.97. The molecule has 94 valence electrons. The number of hydrogen-bond acceptors (Lipinski definition) is 2. The van der Waals surface area contributed by atoms with Gasteiger partial charge in [0.25, 0.3) is 0 Å². The summed E-state index contributed by atoms with van der Waals surface area (Å²) in [6.45, 7) is 6.51. The van der Waals surface area contributed by atoms with Crippen molar-refractivity contribution < 1.29 is 0 Å². The minimum absolute atomic E-state index is 0.494. The Morgan fingerprint density at radius 3 is 2.35 bits per heavy atom.